The van der Waals surface area contributed by atoms with Crippen LogP contribution in [0, 0.1) is 6.92 Å². The summed E-state index contributed by atoms with van der Waals surface area (Å²) in [5, 5.41) is 9.80. The van der Waals surface area contributed by atoms with Crippen LogP contribution in [-0.4, -0.2) is 31.8 Å². The van der Waals surface area contributed by atoms with Crippen molar-refractivity contribution in [2.75, 3.05) is 30.3 Å². The molecule has 0 atom stereocenters. The molecule has 0 unspecified atom stereocenters. The van der Waals surface area contributed by atoms with Gasteiger partial charge >= 0.3 is 0 Å². The number of hydrogen-bond donors (Lipinski definition) is 3. The number of anilines is 2. The third-order valence-electron chi connectivity index (χ3n) is 2.96. The summed E-state index contributed by atoms with van der Waals surface area (Å²) in [7, 11) is 0. The lowest BCUT2D eigenvalue weighted by molar-refractivity contribution is 0.959. The summed E-state index contributed by atoms with van der Waals surface area (Å²) in [5.41, 5.74) is 4.30. The first-order chi connectivity index (χ1) is 8.34. The number of rotatable bonds is 1. The van der Waals surface area contributed by atoms with Gasteiger partial charge in [0.15, 0.2) is 5.96 Å². The number of benzene rings is 1. The molecule has 1 aromatic carbocycles. The van der Waals surface area contributed by atoms with Crippen LogP contribution in [-0.2, 0) is 0 Å². The first kappa shape index (κ1) is 10.1. The Morgan fingerprint density at radius 1 is 1.29 bits per heavy atom. The van der Waals surface area contributed by atoms with Crippen molar-refractivity contribution in [3.05, 3.63) is 17.7 Å². The molecule has 17 heavy (non-hydrogen) atoms. The van der Waals surface area contributed by atoms with Crippen LogP contribution in [0.4, 0.5) is 17.1 Å². The number of guanidine groups is 1. The third kappa shape index (κ3) is 1.84. The Balaban J connectivity index is 1.93. The second-order valence-electron chi connectivity index (χ2n) is 4.11. The molecular formula is C12H15N5. The second-order valence-corrected chi connectivity index (χ2v) is 4.11. The Morgan fingerprint density at radius 3 is 3.06 bits per heavy atom. The van der Waals surface area contributed by atoms with E-state index in [1.165, 1.54) is 0 Å². The molecule has 1 aromatic rings. The van der Waals surface area contributed by atoms with Crippen molar-refractivity contribution in [2.24, 2.45) is 9.98 Å². The van der Waals surface area contributed by atoms with E-state index in [0.29, 0.717) is 0 Å². The van der Waals surface area contributed by atoms with Crippen molar-refractivity contribution in [3.63, 3.8) is 0 Å². The van der Waals surface area contributed by atoms with Gasteiger partial charge in [0.2, 0.25) is 0 Å². The minimum absolute atomic E-state index is 0.799. The molecule has 0 saturated heterocycles. The van der Waals surface area contributed by atoms with Gasteiger partial charge in [-0.25, -0.2) is 0 Å². The highest BCUT2D eigenvalue weighted by Gasteiger charge is 2.13. The topological polar surface area (TPSA) is 60.8 Å². The summed E-state index contributed by atoms with van der Waals surface area (Å²) in [4.78, 5) is 8.76. The molecule has 3 rings (SSSR count). The van der Waals surface area contributed by atoms with Crippen LogP contribution in [0.3, 0.4) is 0 Å². The number of nitrogens with zero attached hydrogens (tertiary/aromatic N) is 2. The third-order valence-corrected chi connectivity index (χ3v) is 2.96. The average Bonchev–Trinajstić information content (AvgIpc) is 2.86. The molecule has 0 saturated carbocycles. The van der Waals surface area contributed by atoms with Gasteiger partial charge in [0.1, 0.15) is 0 Å². The van der Waals surface area contributed by atoms with Gasteiger partial charge < -0.3 is 16.0 Å². The van der Waals surface area contributed by atoms with E-state index in [1.54, 1.807) is 0 Å². The summed E-state index contributed by atoms with van der Waals surface area (Å²) < 4.78 is 0. The van der Waals surface area contributed by atoms with E-state index in [1.807, 2.05) is 6.21 Å². The lowest BCUT2D eigenvalue weighted by Gasteiger charge is -2.17. The maximum Gasteiger partial charge on any atom is 0.195 e. The highest BCUT2D eigenvalue weighted by atomic mass is 15.2. The summed E-state index contributed by atoms with van der Waals surface area (Å²) in [6.07, 6.45) is 1.89. The zero-order valence-corrected chi connectivity index (χ0v) is 9.75. The molecule has 5 heteroatoms. The molecule has 0 bridgehead atoms. The molecule has 2 aliphatic heterocycles. The molecule has 2 aliphatic rings. The van der Waals surface area contributed by atoms with Gasteiger partial charge in [-0.15, -0.1) is 0 Å². The average molecular weight is 229 g/mol. The van der Waals surface area contributed by atoms with Crippen LogP contribution in [0.25, 0.3) is 0 Å². The van der Waals surface area contributed by atoms with E-state index in [-0.39, 0.29) is 0 Å². The van der Waals surface area contributed by atoms with Gasteiger partial charge in [-0.2, -0.15) is 0 Å². The van der Waals surface area contributed by atoms with Crippen molar-refractivity contribution in [1.82, 2.24) is 5.32 Å². The quantitative estimate of drug-likeness (QED) is 0.684. The highest BCUT2D eigenvalue weighted by molar-refractivity contribution is 5.97. The first-order valence-electron chi connectivity index (χ1n) is 5.80. The van der Waals surface area contributed by atoms with Crippen molar-refractivity contribution < 1.29 is 0 Å². The van der Waals surface area contributed by atoms with Gasteiger partial charge in [-0.1, -0.05) is 0 Å². The summed E-state index contributed by atoms with van der Waals surface area (Å²) in [5.74, 6) is 0.848. The first-order valence-corrected chi connectivity index (χ1v) is 5.80. The highest BCUT2D eigenvalue weighted by Crippen LogP contribution is 2.35. The van der Waals surface area contributed by atoms with Crippen LogP contribution in [0.15, 0.2) is 22.1 Å². The Kier molecular flexibility index (Phi) is 2.44. The smallest absolute Gasteiger partial charge is 0.195 e. The van der Waals surface area contributed by atoms with Gasteiger partial charge in [0.25, 0.3) is 0 Å². The Hall–Kier alpha value is -2.04. The van der Waals surface area contributed by atoms with E-state index >= 15 is 0 Å². The predicted molar refractivity (Wildman–Crippen MR) is 71.7 cm³/mol. The zero-order chi connectivity index (χ0) is 11.7. The van der Waals surface area contributed by atoms with Gasteiger partial charge in [0, 0.05) is 24.0 Å². The normalized spacial score (nSPS) is 16.9. The Bertz CT molecular complexity index is 504. The SMILES string of the molecule is Cc1c(NC2=NCCN2)ccc2c1N=CCN2. The number of nitrogens with one attached hydrogen (secondary N) is 3. The van der Waals surface area contributed by atoms with Crippen LogP contribution >= 0.6 is 0 Å². The van der Waals surface area contributed by atoms with Crippen LogP contribution in [0.1, 0.15) is 5.56 Å². The second kappa shape index (κ2) is 4.08. The van der Waals surface area contributed by atoms with Gasteiger partial charge in [0.05, 0.1) is 24.5 Å². The lowest BCUT2D eigenvalue weighted by atomic mass is 10.1. The van der Waals surface area contributed by atoms with E-state index in [9.17, 15) is 0 Å². The fourth-order valence-corrected chi connectivity index (χ4v) is 2.05. The van der Waals surface area contributed by atoms with Crippen molar-refractivity contribution >= 4 is 29.2 Å². The number of fused-ring (bicyclic) bond motifs is 1. The maximum absolute atomic E-state index is 4.44. The van der Waals surface area contributed by atoms with Crippen molar-refractivity contribution in [3.8, 4) is 0 Å². The largest absolute Gasteiger partial charge is 0.378 e. The number of aliphatic imine (C=N–C) groups is 2. The molecule has 0 fully saturated rings. The van der Waals surface area contributed by atoms with Crippen molar-refractivity contribution in [2.45, 2.75) is 6.92 Å². The van der Waals surface area contributed by atoms with Crippen LogP contribution in [0.5, 0.6) is 0 Å². The van der Waals surface area contributed by atoms with E-state index in [0.717, 1.165) is 48.2 Å². The molecule has 2 heterocycles. The molecule has 5 nitrogen and oxygen atoms in total. The van der Waals surface area contributed by atoms with Crippen LogP contribution < -0.4 is 16.0 Å². The summed E-state index contributed by atoms with van der Waals surface area (Å²) in [6, 6.07) is 4.11. The minimum atomic E-state index is 0.799. The van der Waals surface area contributed by atoms with Gasteiger partial charge in [-0.05, 0) is 19.1 Å². The van der Waals surface area contributed by atoms with E-state index in [4.69, 9.17) is 0 Å². The fraction of sp³-hybridized carbons (Fsp3) is 0.333. The Morgan fingerprint density at radius 2 is 2.24 bits per heavy atom. The predicted octanol–water partition coefficient (Wildman–Crippen LogP) is 1.49. The van der Waals surface area contributed by atoms with Crippen LogP contribution in [0.2, 0.25) is 0 Å². The summed E-state index contributed by atoms with van der Waals surface area (Å²) >= 11 is 0. The molecular weight excluding hydrogens is 214 g/mol. The van der Waals surface area contributed by atoms with Crippen molar-refractivity contribution in [1.29, 1.82) is 0 Å². The minimum Gasteiger partial charge on any atom is -0.378 e. The standard InChI is InChI=1S/C12H15N5/c1-8-9(17-12-15-6-7-16-12)2-3-10-11(8)14-5-4-13-10/h2-3,5,13H,4,6-7H2,1H3,(H2,15,16,17). The maximum atomic E-state index is 4.44. The molecule has 0 radical (unpaired) electrons. The molecule has 0 aliphatic carbocycles. The molecule has 0 amide bonds. The lowest BCUT2D eigenvalue weighted by Crippen LogP contribution is -2.26. The zero-order valence-electron chi connectivity index (χ0n) is 9.75. The monoisotopic (exact) mass is 229 g/mol. The van der Waals surface area contributed by atoms with E-state index in [2.05, 4.69) is 45.0 Å². The molecule has 88 valence electrons. The molecule has 3 N–H and O–H groups in total. The van der Waals surface area contributed by atoms with E-state index < -0.39 is 0 Å². The number of hydrogen-bond acceptors (Lipinski definition) is 5. The Labute approximate surface area is 100 Å². The summed E-state index contributed by atoms with van der Waals surface area (Å²) in [6.45, 7) is 4.62. The molecule has 0 spiro atoms. The fourth-order valence-electron chi connectivity index (χ4n) is 2.05. The molecule has 0 aromatic heterocycles. The van der Waals surface area contributed by atoms with Gasteiger partial charge in [-0.3, -0.25) is 9.98 Å².